The van der Waals surface area contributed by atoms with Gasteiger partial charge < -0.3 is 9.73 Å². The largest absolute Gasteiger partial charge is 0.441 e. The topological polar surface area (TPSA) is 55.1 Å². The van der Waals surface area contributed by atoms with Crippen LogP contribution in [0.2, 0.25) is 5.02 Å². The van der Waals surface area contributed by atoms with Crippen LogP contribution in [0.4, 0.5) is 14.5 Å². The zero-order valence-corrected chi connectivity index (χ0v) is 15.6. The lowest BCUT2D eigenvalue weighted by Gasteiger charge is -2.09. The lowest BCUT2D eigenvalue weighted by molar-refractivity contribution is -0.116. The summed E-state index contributed by atoms with van der Waals surface area (Å²) >= 11 is 6.26. The number of hydrogen-bond acceptors (Lipinski definition) is 4. The fourth-order valence-corrected chi connectivity index (χ4v) is 3.10. The minimum absolute atomic E-state index is 0.119. The average Bonchev–Trinajstić information content (AvgIpc) is 3.11. The zero-order chi connectivity index (χ0) is 19.2. The molecule has 1 amide bonds. The number of carbonyl (C=O) groups excluding carboxylic acids is 1. The SMILES string of the molecule is O=C(CCc1ncc(-c2ccc(Cl)cc2)o1)Nc1ccccc1SC(F)F. The first kappa shape index (κ1) is 19.4. The predicted molar refractivity (Wildman–Crippen MR) is 102 cm³/mol. The number of halogens is 3. The number of carbonyl (C=O) groups is 1. The molecule has 4 nitrogen and oxygen atoms in total. The van der Waals surface area contributed by atoms with E-state index in [1.807, 2.05) is 12.1 Å². The van der Waals surface area contributed by atoms with Gasteiger partial charge in [0, 0.05) is 28.3 Å². The summed E-state index contributed by atoms with van der Waals surface area (Å²) in [6, 6.07) is 13.6. The maximum Gasteiger partial charge on any atom is 0.288 e. The summed E-state index contributed by atoms with van der Waals surface area (Å²) in [5.74, 6) is -1.85. The van der Waals surface area contributed by atoms with Crippen molar-refractivity contribution in [3.8, 4) is 11.3 Å². The third-order valence-corrected chi connectivity index (χ3v) is 4.67. The van der Waals surface area contributed by atoms with E-state index in [-0.39, 0.29) is 12.3 Å². The summed E-state index contributed by atoms with van der Waals surface area (Å²) in [6.45, 7) is 0. The molecule has 0 saturated heterocycles. The molecule has 0 aliphatic carbocycles. The van der Waals surface area contributed by atoms with Crippen molar-refractivity contribution in [3.63, 3.8) is 0 Å². The second kappa shape index (κ2) is 9.01. The van der Waals surface area contributed by atoms with Gasteiger partial charge in [-0.25, -0.2) is 4.98 Å². The van der Waals surface area contributed by atoms with Crippen LogP contribution in [0.3, 0.4) is 0 Å². The number of thioether (sulfide) groups is 1. The van der Waals surface area contributed by atoms with E-state index in [1.165, 1.54) is 0 Å². The van der Waals surface area contributed by atoms with Gasteiger partial charge in [0.05, 0.1) is 11.9 Å². The first-order valence-electron chi connectivity index (χ1n) is 8.05. The van der Waals surface area contributed by atoms with Crippen molar-refractivity contribution in [3.05, 3.63) is 65.6 Å². The van der Waals surface area contributed by atoms with E-state index in [1.54, 1.807) is 42.6 Å². The minimum atomic E-state index is -2.55. The molecule has 0 spiro atoms. The van der Waals surface area contributed by atoms with Crippen LogP contribution in [-0.2, 0) is 11.2 Å². The van der Waals surface area contributed by atoms with E-state index < -0.39 is 5.76 Å². The normalized spacial score (nSPS) is 11.0. The summed E-state index contributed by atoms with van der Waals surface area (Å²) in [4.78, 5) is 16.6. The Labute approximate surface area is 163 Å². The molecule has 3 rings (SSSR count). The Bertz CT molecular complexity index is 916. The molecule has 27 heavy (non-hydrogen) atoms. The molecule has 2 aromatic carbocycles. The maximum absolute atomic E-state index is 12.6. The van der Waals surface area contributed by atoms with Gasteiger partial charge >= 0.3 is 0 Å². The van der Waals surface area contributed by atoms with Gasteiger partial charge in [-0.1, -0.05) is 35.5 Å². The highest BCUT2D eigenvalue weighted by atomic mass is 35.5. The van der Waals surface area contributed by atoms with Crippen molar-refractivity contribution < 1.29 is 18.0 Å². The molecule has 0 saturated carbocycles. The fraction of sp³-hybridized carbons (Fsp3) is 0.158. The molecule has 1 N–H and O–H groups in total. The number of amides is 1. The second-order valence-electron chi connectivity index (χ2n) is 5.55. The number of nitrogens with zero attached hydrogens (tertiary/aromatic N) is 1. The highest BCUT2D eigenvalue weighted by molar-refractivity contribution is 7.99. The number of oxazole rings is 1. The Morgan fingerprint density at radius 3 is 2.67 bits per heavy atom. The monoisotopic (exact) mass is 408 g/mol. The summed E-state index contributed by atoms with van der Waals surface area (Å²) in [5, 5.41) is 3.28. The summed E-state index contributed by atoms with van der Waals surface area (Å²) in [7, 11) is 0. The van der Waals surface area contributed by atoms with Crippen LogP contribution in [0.25, 0.3) is 11.3 Å². The molecule has 8 heteroatoms. The molecule has 0 bridgehead atoms. The summed E-state index contributed by atoms with van der Waals surface area (Å²) in [5.41, 5.74) is 1.20. The van der Waals surface area contributed by atoms with Crippen LogP contribution >= 0.6 is 23.4 Å². The Balaban J connectivity index is 1.58. The molecule has 0 radical (unpaired) electrons. The van der Waals surface area contributed by atoms with Gasteiger partial charge in [0.2, 0.25) is 5.91 Å². The van der Waals surface area contributed by atoms with Crippen molar-refractivity contribution in [2.75, 3.05) is 5.32 Å². The number of alkyl halides is 2. The molecule has 140 valence electrons. The van der Waals surface area contributed by atoms with Gasteiger partial charge in [0.1, 0.15) is 0 Å². The van der Waals surface area contributed by atoms with E-state index in [0.717, 1.165) is 5.56 Å². The number of nitrogens with one attached hydrogen (secondary N) is 1. The predicted octanol–water partition coefficient (Wildman–Crippen LogP) is 5.88. The molecule has 0 aliphatic heterocycles. The lowest BCUT2D eigenvalue weighted by Crippen LogP contribution is -2.13. The van der Waals surface area contributed by atoms with E-state index in [4.69, 9.17) is 16.0 Å². The van der Waals surface area contributed by atoms with Crippen molar-refractivity contribution in [2.45, 2.75) is 23.5 Å². The quantitative estimate of drug-likeness (QED) is 0.496. The Morgan fingerprint density at radius 1 is 1.19 bits per heavy atom. The molecule has 1 aromatic heterocycles. The van der Waals surface area contributed by atoms with E-state index in [2.05, 4.69) is 10.3 Å². The van der Waals surface area contributed by atoms with Crippen molar-refractivity contribution in [1.29, 1.82) is 0 Å². The van der Waals surface area contributed by atoms with Crippen LogP contribution < -0.4 is 5.32 Å². The highest BCUT2D eigenvalue weighted by Crippen LogP contribution is 2.31. The maximum atomic E-state index is 12.6. The van der Waals surface area contributed by atoms with Gasteiger partial charge in [-0.05, 0) is 36.4 Å². The number of hydrogen-bond donors (Lipinski definition) is 1. The zero-order valence-electron chi connectivity index (χ0n) is 14.0. The lowest BCUT2D eigenvalue weighted by atomic mass is 10.2. The molecule has 3 aromatic rings. The van der Waals surface area contributed by atoms with Crippen LogP contribution in [0.5, 0.6) is 0 Å². The first-order chi connectivity index (χ1) is 13.0. The van der Waals surface area contributed by atoms with Crippen molar-refractivity contribution >= 4 is 35.0 Å². The van der Waals surface area contributed by atoms with Crippen LogP contribution in [0, 0.1) is 0 Å². The van der Waals surface area contributed by atoms with Gasteiger partial charge in [-0.2, -0.15) is 8.78 Å². The highest BCUT2D eigenvalue weighted by Gasteiger charge is 2.13. The fourth-order valence-electron chi connectivity index (χ4n) is 2.38. The van der Waals surface area contributed by atoms with E-state index in [0.29, 0.717) is 45.4 Å². The Kier molecular flexibility index (Phi) is 6.47. The second-order valence-corrected chi connectivity index (χ2v) is 7.02. The number of aromatic nitrogens is 1. The third kappa shape index (κ3) is 5.55. The van der Waals surface area contributed by atoms with E-state index in [9.17, 15) is 13.6 Å². The summed E-state index contributed by atoms with van der Waals surface area (Å²) in [6.07, 6.45) is 2.00. The third-order valence-electron chi connectivity index (χ3n) is 3.63. The van der Waals surface area contributed by atoms with Gasteiger partial charge in [0.15, 0.2) is 11.7 Å². The van der Waals surface area contributed by atoms with E-state index >= 15 is 0 Å². The minimum Gasteiger partial charge on any atom is -0.441 e. The smallest absolute Gasteiger partial charge is 0.288 e. The number of aryl methyl sites for hydroxylation is 1. The van der Waals surface area contributed by atoms with Gasteiger partial charge in [-0.15, -0.1) is 0 Å². The molecule has 0 unspecified atom stereocenters. The Hall–Kier alpha value is -2.38. The van der Waals surface area contributed by atoms with Crippen molar-refractivity contribution in [2.24, 2.45) is 0 Å². The molecule has 0 fully saturated rings. The van der Waals surface area contributed by atoms with Gasteiger partial charge in [0.25, 0.3) is 5.76 Å². The Morgan fingerprint density at radius 2 is 1.93 bits per heavy atom. The standard InChI is InChI=1S/C19H15ClF2N2O2S/c20-13-7-5-12(6-8-13)15-11-23-18(26-15)10-9-17(25)24-14-3-1-2-4-16(14)27-19(21)22/h1-8,11,19H,9-10H2,(H,24,25). The van der Waals surface area contributed by atoms with Crippen LogP contribution in [0.1, 0.15) is 12.3 Å². The molecule has 0 atom stereocenters. The number of benzene rings is 2. The van der Waals surface area contributed by atoms with Crippen LogP contribution in [-0.4, -0.2) is 16.6 Å². The molecule has 0 aliphatic rings. The number of para-hydroxylation sites is 1. The van der Waals surface area contributed by atoms with Gasteiger partial charge in [-0.3, -0.25) is 4.79 Å². The van der Waals surface area contributed by atoms with Crippen molar-refractivity contribution in [1.82, 2.24) is 4.98 Å². The summed E-state index contributed by atoms with van der Waals surface area (Å²) < 4.78 is 30.8. The molecular formula is C19H15ClF2N2O2S. The average molecular weight is 409 g/mol. The first-order valence-corrected chi connectivity index (χ1v) is 9.31. The molecule has 1 heterocycles. The molecular weight excluding hydrogens is 394 g/mol. The number of anilines is 1. The van der Waals surface area contributed by atoms with Crippen LogP contribution in [0.15, 0.2) is 64.0 Å². The number of rotatable bonds is 7.